The quantitative estimate of drug-likeness (QED) is 0.537. The monoisotopic (exact) mass is 366 g/mol. The Bertz CT molecular complexity index is 780. The number of hydrogen-bond donors (Lipinski definition) is 0. The third kappa shape index (κ3) is 5.54. The van der Waals surface area contributed by atoms with Crippen LogP contribution in [-0.2, 0) is 4.74 Å². The molecule has 0 bridgehead atoms. The summed E-state index contributed by atoms with van der Waals surface area (Å²) in [6.07, 6.45) is -1.34. The Kier molecular flexibility index (Phi) is 6.27. The first kappa shape index (κ1) is 19.4. The van der Waals surface area contributed by atoms with Gasteiger partial charge in [-0.3, -0.25) is 0 Å². The van der Waals surface area contributed by atoms with Crippen LogP contribution in [0.4, 0.5) is 13.2 Å². The summed E-state index contributed by atoms with van der Waals surface area (Å²) in [6.45, 7) is 1.98. The van der Waals surface area contributed by atoms with Gasteiger partial charge in [0, 0.05) is 5.56 Å². The Balaban J connectivity index is 2.20. The van der Waals surface area contributed by atoms with Gasteiger partial charge < -0.3 is 14.2 Å². The van der Waals surface area contributed by atoms with Gasteiger partial charge >= 0.3 is 12.3 Å². The molecule has 4 nitrogen and oxygen atoms in total. The largest absolute Gasteiger partial charge is 0.573 e. The molecule has 0 aliphatic heterocycles. The number of methoxy groups -OCH3 is 1. The van der Waals surface area contributed by atoms with Gasteiger partial charge in [0.1, 0.15) is 11.5 Å². The number of carbonyl (C=O) groups excluding carboxylic acids is 1. The van der Waals surface area contributed by atoms with Gasteiger partial charge in [-0.05, 0) is 42.8 Å². The van der Waals surface area contributed by atoms with Crippen LogP contribution in [0.5, 0.6) is 11.5 Å². The minimum atomic E-state index is -4.72. The van der Waals surface area contributed by atoms with Gasteiger partial charge in [-0.25, -0.2) is 4.79 Å². The molecule has 2 aromatic rings. The second-order valence-electron chi connectivity index (χ2n) is 5.13. The molecule has 0 heterocycles. The molecule has 0 unspecified atom stereocenters. The van der Waals surface area contributed by atoms with Gasteiger partial charge in [-0.2, -0.15) is 0 Å². The van der Waals surface area contributed by atoms with Crippen LogP contribution < -0.4 is 9.47 Å². The molecule has 0 N–H and O–H groups in total. The summed E-state index contributed by atoms with van der Waals surface area (Å²) in [5, 5.41) is 0. The molecule has 0 spiro atoms. The molecule has 138 valence electrons. The number of ether oxygens (including phenoxy) is 3. The van der Waals surface area contributed by atoms with E-state index in [2.05, 4.69) is 4.74 Å². The van der Waals surface area contributed by atoms with E-state index in [1.54, 1.807) is 37.3 Å². The van der Waals surface area contributed by atoms with E-state index in [9.17, 15) is 18.0 Å². The molecule has 2 aromatic carbocycles. The highest BCUT2D eigenvalue weighted by atomic mass is 19.4. The van der Waals surface area contributed by atoms with Crippen LogP contribution in [-0.4, -0.2) is 26.0 Å². The lowest BCUT2D eigenvalue weighted by Gasteiger charge is -2.09. The fourth-order valence-electron chi connectivity index (χ4n) is 2.17. The van der Waals surface area contributed by atoms with Crippen LogP contribution >= 0.6 is 0 Å². The summed E-state index contributed by atoms with van der Waals surface area (Å²) in [7, 11) is 1.50. The first-order valence-electron chi connectivity index (χ1n) is 7.71. The third-order valence-corrected chi connectivity index (χ3v) is 3.31. The van der Waals surface area contributed by atoms with Crippen molar-refractivity contribution in [1.82, 2.24) is 0 Å². The van der Waals surface area contributed by atoms with Crippen LogP contribution in [0.3, 0.4) is 0 Å². The fraction of sp³-hybridized carbons (Fsp3) is 0.211. The molecule has 7 heteroatoms. The zero-order valence-corrected chi connectivity index (χ0v) is 14.2. The lowest BCUT2D eigenvalue weighted by atomic mass is 10.1. The van der Waals surface area contributed by atoms with Crippen molar-refractivity contribution >= 4 is 18.1 Å². The summed E-state index contributed by atoms with van der Waals surface area (Å²) in [6, 6.07) is 10.3. The van der Waals surface area contributed by atoms with Crippen LogP contribution in [0.15, 0.2) is 42.5 Å². The minimum Gasteiger partial charge on any atom is -0.496 e. The van der Waals surface area contributed by atoms with E-state index in [-0.39, 0.29) is 12.4 Å². The van der Waals surface area contributed by atoms with E-state index in [4.69, 9.17) is 9.47 Å². The average molecular weight is 366 g/mol. The van der Waals surface area contributed by atoms with Crippen molar-refractivity contribution in [3.8, 4) is 11.5 Å². The Morgan fingerprint density at radius 3 is 2.35 bits per heavy atom. The van der Waals surface area contributed by atoms with E-state index in [0.29, 0.717) is 22.4 Å². The van der Waals surface area contributed by atoms with E-state index < -0.39 is 12.3 Å². The number of hydrogen-bond acceptors (Lipinski definition) is 4. The maximum Gasteiger partial charge on any atom is 0.573 e. The van der Waals surface area contributed by atoms with Crippen molar-refractivity contribution in [3.63, 3.8) is 0 Å². The van der Waals surface area contributed by atoms with Gasteiger partial charge in [0.05, 0.1) is 19.3 Å². The number of alkyl halides is 3. The second kappa shape index (κ2) is 8.42. The maximum absolute atomic E-state index is 12.2. The molecule has 0 aliphatic rings. The van der Waals surface area contributed by atoms with Crippen molar-refractivity contribution in [2.24, 2.45) is 0 Å². The molecule has 0 saturated heterocycles. The highest BCUT2D eigenvalue weighted by molar-refractivity contribution is 5.91. The van der Waals surface area contributed by atoms with Crippen molar-refractivity contribution in [3.05, 3.63) is 59.2 Å². The lowest BCUT2D eigenvalue weighted by Crippen LogP contribution is -2.16. The van der Waals surface area contributed by atoms with Gasteiger partial charge in [0.25, 0.3) is 0 Å². The topological polar surface area (TPSA) is 44.8 Å². The van der Waals surface area contributed by atoms with Crippen LogP contribution in [0, 0.1) is 0 Å². The zero-order chi connectivity index (χ0) is 19.2. The standard InChI is InChI=1S/C19H17F3O4/c1-3-25-18(23)15-8-11-17(24-2)14(12-15)7-4-13-5-9-16(10-6-13)26-19(20,21)22/h4-12H,3H2,1-2H3/b7-4+. The number of rotatable bonds is 6. The molecule has 26 heavy (non-hydrogen) atoms. The molecule has 0 aliphatic carbocycles. The van der Waals surface area contributed by atoms with E-state index >= 15 is 0 Å². The first-order valence-corrected chi connectivity index (χ1v) is 7.71. The molecule has 2 rings (SSSR count). The fourth-order valence-corrected chi connectivity index (χ4v) is 2.17. The van der Waals surface area contributed by atoms with Crippen molar-refractivity contribution in [2.45, 2.75) is 13.3 Å². The highest BCUT2D eigenvalue weighted by Crippen LogP contribution is 2.25. The zero-order valence-electron chi connectivity index (χ0n) is 14.2. The molecular weight excluding hydrogens is 349 g/mol. The summed E-state index contributed by atoms with van der Waals surface area (Å²) in [5.41, 5.74) is 1.66. The molecule has 0 saturated carbocycles. The summed E-state index contributed by atoms with van der Waals surface area (Å²) < 4.78 is 50.5. The number of esters is 1. The van der Waals surface area contributed by atoms with Crippen molar-refractivity contribution < 1.29 is 32.2 Å². The number of halogens is 3. The van der Waals surface area contributed by atoms with E-state index in [0.717, 1.165) is 0 Å². The van der Waals surface area contributed by atoms with E-state index in [1.807, 2.05) is 0 Å². The summed E-state index contributed by atoms with van der Waals surface area (Å²) in [4.78, 5) is 11.8. The first-order chi connectivity index (χ1) is 12.3. The smallest absolute Gasteiger partial charge is 0.496 e. The third-order valence-electron chi connectivity index (χ3n) is 3.31. The Morgan fingerprint density at radius 2 is 1.77 bits per heavy atom. The predicted octanol–water partition coefficient (Wildman–Crippen LogP) is 4.94. The lowest BCUT2D eigenvalue weighted by molar-refractivity contribution is -0.274. The predicted molar refractivity (Wildman–Crippen MR) is 91.0 cm³/mol. The van der Waals surface area contributed by atoms with Crippen LogP contribution in [0.25, 0.3) is 12.2 Å². The Morgan fingerprint density at radius 1 is 1.08 bits per heavy atom. The maximum atomic E-state index is 12.2. The molecule has 0 amide bonds. The normalized spacial score (nSPS) is 11.4. The van der Waals surface area contributed by atoms with Crippen molar-refractivity contribution in [1.29, 1.82) is 0 Å². The Labute approximate surface area is 148 Å². The van der Waals surface area contributed by atoms with Gasteiger partial charge in [-0.1, -0.05) is 24.3 Å². The average Bonchev–Trinajstić information content (AvgIpc) is 2.59. The Hall–Kier alpha value is -2.96. The second-order valence-corrected chi connectivity index (χ2v) is 5.13. The van der Waals surface area contributed by atoms with Gasteiger partial charge in [-0.15, -0.1) is 13.2 Å². The summed E-state index contributed by atoms with van der Waals surface area (Å²) in [5.74, 6) is -0.193. The van der Waals surface area contributed by atoms with E-state index in [1.165, 1.54) is 31.4 Å². The molecule has 0 fully saturated rings. The van der Waals surface area contributed by atoms with Gasteiger partial charge in [0.2, 0.25) is 0 Å². The van der Waals surface area contributed by atoms with Crippen LogP contribution in [0.1, 0.15) is 28.4 Å². The number of carbonyl (C=O) groups is 1. The van der Waals surface area contributed by atoms with Crippen LogP contribution in [0.2, 0.25) is 0 Å². The molecule has 0 aromatic heterocycles. The SMILES string of the molecule is CCOC(=O)c1ccc(OC)c(/C=C/c2ccc(OC(F)(F)F)cc2)c1. The molecule has 0 atom stereocenters. The van der Waals surface area contributed by atoms with Crippen molar-refractivity contribution in [2.75, 3.05) is 13.7 Å². The minimum absolute atomic E-state index is 0.266. The molecular formula is C19H17F3O4. The molecule has 0 radical (unpaired) electrons. The highest BCUT2D eigenvalue weighted by Gasteiger charge is 2.30. The van der Waals surface area contributed by atoms with Gasteiger partial charge in [0.15, 0.2) is 0 Å². The number of benzene rings is 2. The summed E-state index contributed by atoms with van der Waals surface area (Å²) >= 11 is 0.